The van der Waals surface area contributed by atoms with E-state index < -0.39 is 0 Å². The van der Waals surface area contributed by atoms with E-state index in [2.05, 4.69) is 8.88 Å². The Bertz CT molecular complexity index is 170. The van der Waals surface area contributed by atoms with Gasteiger partial charge in [0, 0.05) is 0 Å². The number of hydrogen-bond acceptors (Lipinski definition) is 3. The van der Waals surface area contributed by atoms with Gasteiger partial charge in [0.15, 0.2) is 0 Å². The second kappa shape index (κ2) is 3.10. The van der Waals surface area contributed by atoms with Gasteiger partial charge in [-0.25, -0.2) is 0 Å². The molecule has 1 aliphatic rings. The van der Waals surface area contributed by atoms with E-state index in [0.29, 0.717) is 31.5 Å². The zero-order valence-electron chi connectivity index (χ0n) is 5.42. The van der Waals surface area contributed by atoms with Gasteiger partial charge in [-0.3, -0.25) is 0 Å². The zero-order valence-corrected chi connectivity index (χ0v) is 8.39. The van der Waals surface area contributed by atoms with Crippen LogP contribution in [0.15, 0.2) is 0 Å². The second-order valence-electron chi connectivity index (χ2n) is 2.12. The van der Waals surface area contributed by atoms with Crippen molar-refractivity contribution in [1.82, 2.24) is 5.32 Å². The van der Waals surface area contributed by atoms with Gasteiger partial charge in [0.1, 0.15) is 0 Å². The van der Waals surface area contributed by atoms with Crippen LogP contribution < -0.4 is 5.32 Å². The summed E-state index contributed by atoms with van der Waals surface area (Å²) in [6, 6.07) is -0.374. The number of carbonyl (C=O) groups is 2. The molecule has 5 heteroatoms. The van der Waals surface area contributed by atoms with Crippen LogP contribution in [-0.2, 0) is 31.8 Å². The van der Waals surface area contributed by atoms with Crippen LogP contribution in [0.25, 0.3) is 0 Å². The van der Waals surface area contributed by atoms with Gasteiger partial charge < -0.3 is 0 Å². The minimum atomic E-state index is -0.374. The van der Waals surface area contributed by atoms with Gasteiger partial charge >= 0.3 is 67.9 Å². The van der Waals surface area contributed by atoms with Crippen LogP contribution >= 0.6 is 0 Å². The quantitative estimate of drug-likeness (QED) is 0.559. The molecule has 1 saturated heterocycles. The van der Waals surface area contributed by atoms with Crippen LogP contribution in [0.5, 0.6) is 0 Å². The Morgan fingerprint density at radius 3 is 2.90 bits per heavy atom. The van der Waals surface area contributed by atoms with E-state index >= 15 is 0 Å². The molecule has 0 bridgehead atoms. The molecule has 1 atom stereocenters. The number of amides is 1. The standard InChI is InChI=1S/C5H7NO3.Zn/c7-4-2-1-3(6-4)5(8)9;/h3H,1-2H2,(H,6,7)(H,8,9);/q;+1/p-1. The van der Waals surface area contributed by atoms with Crippen molar-refractivity contribution in [3.05, 3.63) is 0 Å². The summed E-state index contributed by atoms with van der Waals surface area (Å²) >= 11 is 0.491. The maximum absolute atomic E-state index is 10.8. The first-order valence-electron chi connectivity index (χ1n) is 2.99. The summed E-state index contributed by atoms with van der Waals surface area (Å²) in [5.41, 5.74) is 0. The second-order valence-corrected chi connectivity index (χ2v) is 2.73. The Labute approximate surface area is 68.4 Å². The van der Waals surface area contributed by atoms with Crippen molar-refractivity contribution in [2.75, 3.05) is 0 Å². The molecule has 51 valence electrons. The number of carbonyl (C=O) groups excluding carboxylic acids is 2. The van der Waals surface area contributed by atoms with Gasteiger partial charge in [-0.15, -0.1) is 0 Å². The number of hydrogen-bond donors (Lipinski definition) is 1. The topological polar surface area (TPSA) is 55.4 Å². The van der Waals surface area contributed by atoms with E-state index in [-0.39, 0.29) is 17.9 Å². The molecule has 0 radical (unpaired) electrons. The van der Waals surface area contributed by atoms with Gasteiger partial charge in [-0.05, 0) is 0 Å². The van der Waals surface area contributed by atoms with Gasteiger partial charge in [-0.1, -0.05) is 0 Å². The molecule has 0 aliphatic carbocycles. The van der Waals surface area contributed by atoms with Gasteiger partial charge in [0.2, 0.25) is 0 Å². The van der Waals surface area contributed by atoms with Crippen LogP contribution in [0.2, 0.25) is 0 Å². The van der Waals surface area contributed by atoms with Crippen LogP contribution in [-0.4, -0.2) is 17.9 Å². The monoisotopic (exact) mass is 192 g/mol. The summed E-state index contributed by atoms with van der Waals surface area (Å²) in [7, 11) is 0. The van der Waals surface area contributed by atoms with Crippen molar-refractivity contribution in [1.29, 1.82) is 0 Å². The summed E-state index contributed by atoms with van der Waals surface area (Å²) in [5.74, 6) is -0.360. The first-order chi connectivity index (χ1) is 4.74. The van der Waals surface area contributed by atoms with E-state index in [1.54, 1.807) is 0 Å². The van der Waals surface area contributed by atoms with Crippen molar-refractivity contribution >= 4 is 11.9 Å². The Morgan fingerprint density at radius 1 is 1.80 bits per heavy atom. The molecular weight excluding hydrogens is 187 g/mol. The Morgan fingerprint density at radius 2 is 2.50 bits per heavy atom. The fourth-order valence-corrected chi connectivity index (χ4v) is 1.31. The summed E-state index contributed by atoms with van der Waals surface area (Å²) in [6.45, 7) is 0. The van der Waals surface area contributed by atoms with Gasteiger partial charge in [-0.2, -0.15) is 0 Å². The molecule has 1 aliphatic heterocycles. The summed E-state index contributed by atoms with van der Waals surface area (Å²) in [6.07, 6.45) is 1.03. The predicted octanol–water partition coefficient (Wildman–Crippen LogP) is -0.730. The zero-order chi connectivity index (χ0) is 7.56. The third-order valence-electron chi connectivity index (χ3n) is 1.42. The molecule has 0 spiro atoms. The van der Waals surface area contributed by atoms with E-state index in [0.717, 1.165) is 0 Å². The number of rotatable bonds is 1. The SMILES string of the molecule is O=C1CCC(C(=O)[O][Zn])N1. The van der Waals surface area contributed by atoms with Crippen LogP contribution in [0, 0.1) is 0 Å². The number of nitrogens with one attached hydrogen (secondary N) is 1. The van der Waals surface area contributed by atoms with Crippen LogP contribution in [0.4, 0.5) is 0 Å². The van der Waals surface area contributed by atoms with Crippen molar-refractivity contribution < 1.29 is 31.8 Å². The molecule has 1 unspecified atom stereocenters. The van der Waals surface area contributed by atoms with Crippen molar-refractivity contribution in [2.45, 2.75) is 18.9 Å². The van der Waals surface area contributed by atoms with Crippen LogP contribution in [0.1, 0.15) is 12.8 Å². The summed E-state index contributed by atoms with van der Waals surface area (Å²) in [4.78, 5) is 21.3. The molecule has 0 aromatic rings. The van der Waals surface area contributed by atoms with E-state index in [1.807, 2.05) is 0 Å². The molecule has 1 fully saturated rings. The first kappa shape index (κ1) is 7.67. The third-order valence-corrected chi connectivity index (χ3v) is 2.02. The van der Waals surface area contributed by atoms with Crippen molar-refractivity contribution in [2.24, 2.45) is 0 Å². The molecule has 0 aromatic carbocycles. The van der Waals surface area contributed by atoms with Gasteiger partial charge in [0.05, 0.1) is 0 Å². The maximum atomic E-state index is 10.8. The average molecular weight is 193 g/mol. The third kappa shape index (κ3) is 1.54. The average Bonchev–Trinajstić information content (AvgIpc) is 2.34. The molecule has 4 nitrogen and oxygen atoms in total. The predicted molar refractivity (Wildman–Crippen MR) is 27.3 cm³/mol. The molecule has 1 rings (SSSR count). The molecule has 1 heterocycles. The van der Waals surface area contributed by atoms with E-state index in [9.17, 15) is 9.59 Å². The fraction of sp³-hybridized carbons (Fsp3) is 0.600. The van der Waals surface area contributed by atoms with E-state index in [4.69, 9.17) is 0 Å². The molecule has 1 N–H and O–H groups in total. The van der Waals surface area contributed by atoms with Crippen molar-refractivity contribution in [3.8, 4) is 0 Å². The fourth-order valence-electron chi connectivity index (χ4n) is 0.891. The summed E-state index contributed by atoms with van der Waals surface area (Å²) in [5, 5.41) is 2.51. The van der Waals surface area contributed by atoms with Gasteiger partial charge in [0.25, 0.3) is 0 Å². The van der Waals surface area contributed by atoms with E-state index in [1.165, 1.54) is 0 Å². The molecule has 1 amide bonds. The minimum absolute atomic E-state index is 0.0598. The molecular formula is C5H6NO3Zn. The normalized spacial score (nSPS) is 24.2. The summed E-state index contributed by atoms with van der Waals surface area (Å²) < 4.78 is 4.55. The first-order valence-corrected chi connectivity index (χ1v) is 4.20. The Balaban J connectivity index is 2.44. The molecule has 10 heavy (non-hydrogen) atoms. The molecule has 0 aromatic heterocycles. The van der Waals surface area contributed by atoms with Crippen molar-refractivity contribution in [3.63, 3.8) is 0 Å². The Hall–Kier alpha value is -0.437. The van der Waals surface area contributed by atoms with Crippen LogP contribution in [0.3, 0.4) is 0 Å². The Kier molecular flexibility index (Phi) is 2.38. The molecule has 0 saturated carbocycles.